The third-order valence-corrected chi connectivity index (χ3v) is 4.40. The highest BCUT2D eigenvalue weighted by Gasteiger charge is 2.26. The lowest BCUT2D eigenvalue weighted by Crippen LogP contribution is -2.34. The number of imidazole rings is 1. The molecule has 3 rings (SSSR count). The van der Waals surface area contributed by atoms with E-state index in [4.69, 9.17) is 10.7 Å². The van der Waals surface area contributed by atoms with E-state index in [0.29, 0.717) is 5.92 Å². The molecule has 3 nitrogen and oxygen atoms in total. The summed E-state index contributed by atoms with van der Waals surface area (Å²) in [6.07, 6.45) is 1.04. The molecule has 2 aromatic heterocycles. The van der Waals surface area contributed by atoms with Crippen LogP contribution in [-0.2, 0) is 6.54 Å². The molecule has 0 aromatic carbocycles. The molecule has 0 saturated heterocycles. The molecule has 2 unspecified atom stereocenters. The summed E-state index contributed by atoms with van der Waals surface area (Å²) >= 11 is 1.75. The number of hydrogen-bond acceptors (Lipinski definition) is 3. The Bertz CT molecular complexity index is 527. The van der Waals surface area contributed by atoms with Crippen molar-refractivity contribution in [2.24, 2.45) is 5.73 Å². The SMILES string of the molecule is Cc1c(-c2cccs2)nc2n1CC(N)CC2C. The first-order valence-corrected chi connectivity index (χ1v) is 6.91. The molecule has 2 N–H and O–H groups in total. The highest BCUT2D eigenvalue weighted by Crippen LogP contribution is 2.33. The van der Waals surface area contributed by atoms with Gasteiger partial charge >= 0.3 is 0 Å². The van der Waals surface area contributed by atoms with Gasteiger partial charge in [-0.3, -0.25) is 0 Å². The average molecular weight is 247 g/mol. The number of aromatic nitrogens is 2. The Morgan fingerprint density at radius 3 is 3.06 bits per heavy atom. The first kappa shape index (κ1) is 11.0. The van der Waals surface area contributed by atoms with E-state index in [1.807, 2.05) is 0 Å². The third-order valence-electron chi connectivity index (χ3n) is 3.52. The van der Waals surface area contributed by atoms with Crippen LogP contribution in [0.25, 0.3) is 10.6 Å². The van der Waals surface area contributed by atoms with Crippen molar-refractivity contribution in [3.63, 3.8) is 0 Å². The summed E-state index contributed by atoms with van der Waals surface area (Å²) in [7, 11) is 0. The maximum Gasteiger partial charge on any atom is 0.112 e. The molecule has 90 valence electrons. The van der Waals surface area contributed by atoms with Crippen LogP contribution >= 0.6 is 11.3 Å². The van der Waals surface area contributed by atoms with E-state index in [2.05, 4.69) is 35.9 Å². The molecule has 0 bridgehead atoms. The van der Waals surface area contributed by atoms with Crippen molar-refractivity contribution >= 4 is 11.3 Å². The van der Waals surface area contributed by atoms with Gasteiger partial charge in [-0.1, -0.05) is 13.0 Å². The quantitative estimate of drug-likeness (QED) is 0.842. The molecule has 2 aromatic rings. The zero-order chi connectivity index (χ0) is 12.0. The van der Waals surface area contributed by atoms with Gasteiger partial charge in [-0.2, -0.15) is 0 Å². The van der Waals surface area contributed by atoms with Crippen LogP contribution < -0.4 is 5.73 Å². The Balaban J connectivity index is 2.12. The standard InChI is InChI=1S/C13H17N3S/c1-8-6-10(14)7-16-9(2)12(15-13(8)16)11-4-3-5-17-11/h3-5,8,10H,6-7,14H2,1-2H3. The highest BCUT2D eigenvalue weighted by atomic mass is 32.1. The zero-order valence-electron chi connectivity index (χ0n) is 10.2. The van der Waals surface area contributed by atoms with Crippen molar-refractivity contribution in [1.82, 2.24) is 9.55 Å². The van der Waals surface area contributed by atoms with Crippen molar-refractivity contribution in [2.45, 2.75) is 38.8 Å². The van der Waals surface area contributed by atoms with Crippen molar-refractivity contribution in [3.05, 3.63) is 29.0 Å². The molecule has 1 aliphatic rings. The Labute approximate surface area is 105 Å². The van der Waals surface area contributed by atoms with E-state index in [0.717, 1.165) is 18.7 Å². The van der Waals surface area contributed by atoms with Gasteiger partial charge in [0.25, 0.3) is 0 Å². The number of rotatable bonds is 1. The Kier molecular flexibility index (Phi) is 2.56. The zero-order valence-corrected chi connectivity index (χ0v) is 11.0. The van der Waals surface area contributed by atoms with Gasteiger partial charge in [-0.15, -0.1) is 11.3 Å². The number of nitrogens with zero attached hydrogens (tertiary/aromatic N) is 2. The van der Waals surface area contributed by atoms with Crippen LogP contribution in [-0.4, -0.2) is 15.6 Å². The largest absolute Gasteiger partial charge is 0.330 e. The summed E-state index contributed by atoms with van der Waals surface area (Å²) in [5.74, 6) is 1.67. The molecule has 3 heterocycles. The topological polar surface area (TPSA) is 43.8 Å². The van der Waals surface area contributed by atoms with Crippen LogP contribution in [0.3, 0.4) is 0 Å². The molecular formula is C13H17N3S. The molecule has 17 heavy (non-hydrogen) atoms. The van der Waals surface area contributed by atoms with E-state index in [1.165, 1.54) is 16.4 Å². The van der Waals surface area contributed by atoms with E-state index in [1.54, 1.807) is 11.3 Å². The van der Waals surface area contributed by atoms with E-state index in [9.17, 15) is 0 Å². The lowest BCUT2D eigenvalue weighted by atomic mass is 9.98. The number of thiophene rings is 1. The summed E-state index contributed by atoms with van der Waals surface area (Å²) in [6.45, 7) is 5.27. The molecule has 1 aliphatic heterocycles. The molecule has 0 saturated carbocycles. The minimum Gasteiger partial charge on any atom is -0.330 e. The van der Waals surface area contributed by atoms with Gasteiger partial charge in [0.2, 0.25) is 0 Å². The summed E-state index contributed by atoms with van der Waals surface area (Å²) in [6, 6.07) is 4.48. The van der Waals surface area contributed by atoms with Gasteiger partial charge in [-0.25, -0.2) is 4.98 Å². The van der Waals surface area contributed by atoms with Gasteiger partial charge < -0.3 is 10.3 Å². The maximum absolute atomic E-state index is 6.09. The van der Waals surface area contributed by atoms with Crippen LogP contribution in [0.5, 0.6) is 0 Å². The lowest BCUT2D eigenvalue weighted by molar-refractivity contribution is 0.403. The maximum atomic E-state index is 6.09. The molecule has 2 atom stereocenters. The van der Waals surface area contributed by atoms with Gasteiger partial charge in [-0.05, 0) is 24.8 Å². The van der Waals surface area contributed by atoms with Crippen LogP contribution in [0.2, 0.25) is 0 Å². The van der Waals surface area contributed by atoms with Crippen LogP contribution in [0.4, 0.5) is 0 Å². The second-order valence-electron chi connectivity index (χ2n) is 4.89. The minimum atomic E-state index is 0.265. The highest BCUT2D eigenvalue weighted by molar-refractivity contribution is 7.13. The lowest BCUT2D eigenvalue weighted by Gasteiger charge is -2.26. The predicted molar refractivity (Wildman–Crippen MR) is 71.3 cm³/mol. The number of fused-ring (bicyclic) bond motifs is 1. The second-order valence-corrected chi connectivity index (χ2v) is 5.84. The molecular weight excluding hydrogens is 230 g/mol. The summed E-state index contributed by atoms with van der Waals surface area (Å²) in [5.41, 5.74) is 8.48. The molecule has 0 aliphatic carbocycles. The van der Waals surface area contributed by atoms with E-state index in [-0.39, 0.29) is 6.04 Å². The first-order valence-electron chi connectivity index (χ1n) is 6.03. The minimum absolute atomic E-state index is 0.265. The van der Waals surface area contributed by atoms with Crippen molar-refractivity contribution in [2.75, 3.05) is 0 Å². The van der Waals surface area contributed by atoms with Gasteiger partial charge in [0.15, 0.2) is 0 Å². The van der Waals surface area contributed by atoms with E-state index >= 15 is 0 Å². The van der Waals surface area contributed by atoms with Gasteiger partial charge in [0.1, 0.15) is 11.5 Å². The smallest absolute Gasteiger partial charge is 0.112 e. The number of hydrogen-bond donors (Lipinski definition) is 1. The van der Waals surface area contributed by atoms with E-state index < -0.39 is 0 Å². The van der Waals surface area contributed by atoms with Crippen LogP contribution in [0, 0.1) is 6.92 Å². The molecule has 0 radical (unpaired) electrons. The Hall–Kier alpha value is -1.13. The van der Waals surface area contributed by atoms with Crippen LogP contribution in [0.15, 0.2) is 17.5 Å². The molecule has 4 heteroatoms. The molecule has 0 spiro atoms. The fraction of sp³-hybridized carbons (Fsp3) is 0.462. The fourth-order valence-corrected chi connectivity index (χ4v) is 3.44. The Morgan fingerprint density at radius 1 is 1.53 bits per heavy atom. The van der Waals surface area contributed by atoms with Crippen molar-refractivity contribution in [3.8, 4) is 10.6 Å². The summed E-state index contributed by atoms with van der Waals surface area (Å²) in [5, 5.41) is 2.10. The van der Waals surface area contributed by atoms with Crippen molar-refractivity contribution < 1.29 is 0 Å². The van der Waals surface area contributed by atoms with Gasteiger partial charge in [0, 0.05) is 24.2 Å². The fourth-order valence-electron chi connectivity index (χ4n) is 2.68. The average Bonchev–Trinajstić information content (AvgIpc) is 2.87. The monoisotopic (exact) mass is 247 g/mol. The summed E-state index contributed by atoms with van der Waals surface area (Å²) in [4.78, 5) is 6.08. The normalized spacial score (nSPS) is 23.7. The Morgan fingerprint density at radius 2 is 2.35 bits per heavy atom. The van der Waals surface area contributed by atoms with Crippen molar-refractivity contribution in [1.29, 1.82) is 0 Å². The number of nitrogens with two attached hydrogens (primary N) is 1. The predicted octanol–water partition coefficient (Wildman–Crippen LogP) is 2.75. The first-order chi connectivity index (χ1) is 8.16. The second kappa shape index (κ2) is 3.96. The van der Waals surface area contributed by atoms with Gasteiger partial charge in [0.05, 0.1) is 4.88 Å². The molecule has 0 amide bonds. The summed E-state index contributed by atoms with van der Waals surface area (Å²) < 4.78 is 2.30. The van der Waals surface area contributed by atoms with Crippen LogP contribution in [0.1, 0.15) is 30.8 Å². The third kappa shape index (κ3) is 1.72. The molecule has 0 fully saturated rings.